The monoisotopic (exact) mass is 331 g/mol. The van der Waals surface area contributed by atoms with Crippen LogP contribution < -0.4 is 11.2 Å². The molecule has 0 spiro atoms. The van der Waals surface area contributed by atoms with Crippen LogP contribution in [0.25, 0.3) is 0 Å². The Morgan fingerprint density at radius 2 is 2.21 bits per heavy atom. The molecule has 0 radical (unpaired) electrons. The maximum atomic E-state index is 11.8. The Morgan fingerprint density at radius 1 is 1.42 bits per heavy atom. The lowest BCUT2D eigenvalue weighted by molar-refractivity contribution is -0.150. The molecular formula is C15H17N5O4. The summed E-state index contributed by atoms with van der Waals surface area (Å²) in [5, 5.41) is 3.79. The molecule has 1 unspecified atom stereocenters. The number of nitrogens with one attached hydrogen (secondary N) is 1. The molecule has 1 aliphatic heterocycles. The third kappa shape index (κ3) is 3.69. The highest BCUT2D eigenvalue weighted by Crippen LogP contribution is 2.06. The van der Waals surface area contributed by atoms with Gasteiger partial charge in [0.05, 0.1) is 6.54 Å². The highest BCUT2D eigenvalue weighted by Gasteiger charge is 2.19. The van der Waals surface area contributed by atoms with E-state index in [1.165, 1.54) is 10.9 Å². The third-order valence-electron chi connectivity index (χ3n) is 3.42. The van der Waals surface area contributed by atoms with Gasteiger partial charge in [0.1, 0.15) is 25.6 Å². The Balaban J connectivity index is 1.48. The highest BCUT2D eigenvalue weighted by molar-refractivity contribution is 5.98. The Labute approximate surface area is 137 Å². The topological polar surface area (TPSA) is 99.7 Å². The van der Waals surface area contributed by atoms with Gasteiger partial charge in [-0.25, -0.2) is 15.0 Å². The lowest BCUT2D eigenvalue weighted by Gasteiger charge is -2.22. The molecule has 24 heavy (non-hydrogen) atoms. The van der Waals surface area contributed by atoms with E-state index in [4.69, 9.17) is 9.57 Å². The van der Waals surface area contributed by atoms with Crippen LogP contribution in [0.15, 0.2) is 46.4 Å². The number of amidine groups is 1. The number of carbonyl (C=O) groups excluding carboxylic acids is 1. The molecule has 1 aromatic heterocycles. The quantitative estimate of drug-likeness (QED) is 0.740. The van der Waals surface area contributed by atoms with Crippen LogP contribution in [0, 0.1) is 0 Å². The van der Waals surface area contributed by atoms with Gasteiger partial charge in [0.15, 0.2) is 5.84 Å². The summed E-state index contributed by atoms with van der Waals surface area (Å²) in [6, 6.07) is 9.57. The fraction of sp³-hybridized carbons (Fsp3) is 0.333. The van der Waals surface area contributed by atoms with Crippen molar-refractivity contribution in [2.75, 3.05) is 13.2 Å². The zero-order chi connectivity index (χ0) is 16.9. The van der Waals surface area contributed by atoms with Crippen molar-refractivity contribution in [1.29, 1.82) is 0 Å². The van der Waals surface area contributed by atoms with Crippen molar-refractivity contribution >= 4 is 11.8 Å². The Kier molecular flexibility index (Phi) is 4.71. The number of aromatic nitrogens is 3. The molecule has 1 aliphatic rings. The van der Waals surface area contributed by atoms with Crippen molar-refractivity contribution in [1.82, 2.24) is 19.8 Å². The number of esters is 1. The second-order valence-electron chi connectivity index (χ2n) is 5.26. The molecule has 0 saturated carbocycles. The van der Waals surface area contributed by atoms with E-state index in [1.807, 2.05) is 30.3 Å². The maximum Gasteiger partial charge on any atom is 0.345 e. The molecule has 0 amide bonds. The van der Waals surface area contributed by atoms with Gasteiger partial charge in [-0.15, -0.1) is 0 Å². The number of benzene rings is 1. The molecule has 1 aromatic carbocycles. The Morgan fingerprint density at radius 3 is 2.83 bits per heavy atom. The standard InChI is InChI=1S/C15H17N5O4/c1-19-10-17-20(15(19)22)8-13(21)23-9-12-7-16-14(18-24-12)11-5-3-2-4-6-11/h2-6,10,12H,7-9H2,1H3,(H,16,18). The molecular weight excluding hydrogens is 314 g/mol. The molecule has 0 fully saturated rings. The van der Waals surface area contributed by atoms with E-state index >= 15 is 0 Å². The van der Waals surface area contributed by atoms with Crippen LogP contribution >= 0.6 is 0 Å². The number of hydroxylamine groups is 1. The van der Waals surface area contributed by atoms with Gasteiger partial charge in [0, 0.05) is 12.6 Å². The van der Waals surface area contributed by atoms with Gasteiger partial charge in [0.25, 0.3) is 0 Å². The van der Waals surface area contributed by atoms with Crippen LogP contribution in [-0.4, -0.2) is 45.4 Å². The van der Waals surface area contributed by atoms with E-state index in [9.17, 15) is 9.59 Å². The van der Waals surface area contributed by atoms with Crippen molar-refractivity contribution in [3.05, 3.63) is 52.7 Å². The van der Waals surface area contributed by atoms with Crippen molar-refractivity contribution in [2.24, 2.45) is 12.0 Å². The minimum absolute atomic E-state index is 0.0407. The second kappa shape index (κ2) is 7.09. The molecule has 1 atom stereocenters. The zero-order valence-electron chi connectivity index (χ0n) is 13.1. The van der Waals surface area contributed by atoms with Gasteiger partial charge in [-0.2, -0.15) is 5.10 Å². The number of aliphatic imine (C=N–C) groups is 1. The fourth-order valence-electron chi connectivity index (χ4n) is 2.12. The first-order chi connectivity index (χ1) is 11.6. The van der Waals surface area contributed by atoms with Crippen LogP contribution in [0.2, 0.25) is 0 Å². The summed E-state index contributed by atoms with van der Waals surface area (Å²) >= 11 is 0. The molecule has 9 heteroatoms. The van der Waals surface area contributed by atoms with Gasteiger partial charge in [-0.1, -0.05) is 30.3 Å². The molecule has 3 rings (SSSR count). The van der Waals surface area contributed by atoms with Crippen LogP contribution in [0.5, 0.6) is 0 Å². The summed E-state index contributed by atoms with van der Waals surface area (Å²) in [4.78, 5) is 33.1. The Hall–Kier alpha value is -2.94. The van der Waals surface area contributed by atoms with Crippen molar-refractivity contribution in [3.63, 3.8) is 0 Å². The van der Waals surface area contributed by atoms with Crippen molar-refractivity contribution in [3.8, 4) is 0 Å². The molecule has 0 bridgehead atoms. The number of nitrogens with zero attached hydrogens (tertiary/aromatic N) is 4. The molecule has 0 saturated heterocycles. The Bertz CT molecular complexity index is 796. The minimum atomic E-state index is -0.558. The van der Waals surface area contributed by atoms with E-state index in [-0.39, 0.29) is 24.9 Å². The summed E-state index contributed by atoms with van der Waals surface area (Å²) < 4.78 is 7.42. The van der Waals surface area contributed by atoms with Gasteiger partial charge < -0.3 is 4.74 Å². The van der Waals surface area contributed by atoms with Gasteiger partial charge in [-0.3, -0.25) is 19.2 Å². The van der Waals surface area contributed by atoms with E-state index < -0.39 is 5.97 Å². The summed E-state index contributed by atoms with van der Waals surface area (Å²) in [6.07, 6.45) is 0.950. The predicted octanol–water partition coefficient (Wildman–Crippen LogP) is -0.525. The lowest BCUT2D eigenvalue weighted by atomic mass is 10.2. The van der Waals surface area contributed by atoms with E-state index in [0.29, 0.717) is 12.4 Å². The van der Waals surface area contributed by atoms with Gasteiger partial charge >= 0.3 is 11.7 Å². The average molecular weight is 331 g/mol. The summed E-state index contributed by atoms with van der Waals surface area (Å²) in [5.74, 6) is 0.0791. The molecule has 9 nitrogen and oxygen atoms in total. The molecule has 2 aromatic rings. The van der Waals surface area contributed by atoms with Crippen LogP contribution in [-0.2, 0) is 28.0 Å². The number of carbonyl (C=O) groups is 1. The third-order valence-corrected chi connectivity index (χ3v) is 3.42. The predicted molar refractivity (Wildman–Crippen MR) is 84.3 cm³/mol. The highest BCUT2D eigenvalue weighted by atomic mass is 16.7. The fourth-order valence-corrected chi connectivity index (χ4v) is 2.12. The number of hydrogen-bond acceptors (Lipinski definition) is 7. The maximum absolute atomic E-state index is 11.8. The number of rotatable bonds is 5. The first-order valence-electron chi connectivity index (χ1n) is 7.39. The second-order valence-corrected chi connectivity index (χ2v) is 5.26. The van der Waals surface area contributed by atoms with Crippen LogP contribution in [0.1, 0.15) is 5.56 Å². The number of hydrogen-bond donors (Lipinski definition) is 1. The van der Waals surface area contributed by atoms with Crippen molar-refractivity contribution < 1.29 is 14.4 Å². The summed E-state index contributed by atoms with van der Waals surface area (Å²) in [6.45, 7) is 0.172. The van der Waals surface area contributed by atoms with Crippen LogP contribution in [0.3, 0.4) is 0 Å². The molecule has 2 heterocycles. The SMILES string of the molecule is Cn1cnn(CC(=O)OCC2CN=C(c3ccccc3)NO2)c1=O. The zero-order valence-corrected chi connectivity index (χ0v) is 13.1. The smallest absolute Gasteiger partial charge is 0.345 e. The minimum Gasteiger partial charge on any atom is -0.461 e. The molecule has 126 valence electrons. The number of ether oxygens (including phenoxy) is 1. The van der Waals surface area contributed by atoms with Crippen LogP contribution in [0.4, 0.5) is 0 Å². The first kappa shape index (κ1) is 15.9. The van der Waals surface area contributed by atoms with E-state index in [1.54, 1.807) is 7.05 Å². The first-order valence-corrected chi connectivity index (χ1v) is 7.39. The largest absolute Gasteiger partial charge is 0.461 e. The molecule has 0 aliphatic carbocycles. The van der Waals surface area contributed by atoms with E-state index in [0.717, 1.165) is 10.2 Å². The average Bonchev–Trinajstić information content (AvgIpc) is 2.93. The lowest BCUT2D eigenvalue weighted by Crippen LogP contribution is -2.40. The summed E-state index contributed by atoms with van der Waals surface area (Å²) in [7, 11) is 1.56. The van der Waals surface area contributed by atoms with Crippen molar-refractivity contribution in [2.45, 2.75) is 12.6 Å². The normalized spacial score (nSPS) is 17.0. The molecule has 1 N–H and O–H groups in total. The van der Waals surface area contributed by atoms with E-state index in [2.05, 4.69) is 15.6 Å². The van der Waals surface area contributed by atoms with Gasteiger partial charge in [-0.05, 0) is 0 Å². The summed E-state index contributed by atoms with van der Waals surface area (Å²) in [5.41, 5.74) is 3.30. The number of aryl methyl sites for hydroxylation is 1. The van der Waals surface area contributed by atoms with Gasteiger partial charge in [0.2, 0.25) is 0 Å².